The fourth-order valence-electron chi connectivity index (χ4n) is 3.40. The zero-order chi connectivity index (χ0) is 18.4. The van der Waals surface area contributed by atoms with Crippen LogP contribution in [0, 0.1) is 0 Å². The van der Waals surface area contributed by atoms with E-state index in [1.165, 1.54) is 16.3 Å². The van der Waals surface area contributed by atoms with E-state index in [1.54, 1.807) is 14.2 Å². The Bertz CT molecular complexity index is 760. The first kappa shape index (κ1) is 21.9. The molecule has 6 heteroatoms. The van der Waals surface area contributed by atoms with Crippen LogP contribution in [-0.4, -0.2) is 45.5 Å². The van der Waals surface area contributed by atoms with Crippen molar-refractivity contribution < 1.29 is 9.47 Å². The summed E-state index contributed by atoms with van der Waals surface area (Å²) < 4.78 is 11.2. The average molecular weight is 483 g/mol. The molecule has 0 amide bonds. The number of methoxy groups -OCH3 is 1. The van der Waals surface area contributed by atoms with Gasteiger partial charge in [-0.15, -0.1) is 24.0 Å². The molecule has 1 heterocycles. The van der Waals surface area contributed by atoms with E-state index in [0.717, 1.165) is 38.6 Å². The molecule has 0 bridgehead atoms. The minimum atomic E-state index is -0.179. The largest absolute Gasteiger partial charge is 0.381 e. The van der Waals surface area contributed by atoms with E-state index in [2.05, 4.69) is 65.0 Å². The van der Waals surface area contributed by atoms with Crippen molar-refractivity contribution >= 4 is 40.7 Å². The predicted octanol–water partition coefficient (Wildman–Crippen LogP) is 3.88. The Hall–Kier alpha value is -1.38. The fourth-order valence-corrected chi connectivity index (χ4v) is 3.40. The number of ether oxygens (including phenoxy) is 2. The van der Waals surface area contributed by atoms with Gasteiger partial charge in [0, 0.05) is 46.8 Å². The highest BCUT2D eigenvalue weighted by atomic mass is 127. The van der Waals surface area contributed by atoms with Gasteiger partial charge in [0.2, 0.25) is 0 Å². The van der Waals surface area contributed by atoms with Crippen molar-refractivity contribution in [2.24, 2.45) is 4.99 Å². The lowest BCUT2D eigenvalue weighted by Crippen LogP contribution is -2.51. The van der Waals surface area contributed by atoms with E-state index >= 15 is 0 Å². The topological polar surface area (TPSA) is 54.9 Å². The highest BCUT2D eigenvalue weighted by Crippen LogP contribution is 2.24. The van der Waals surface area contributed by atoms with Crippen LogP contribution in [-0.2, 0) is 9.47 Å². The van der Waals surface area contributed by atoms with E-state index < -0.39 is 0 Å². The number of benzene rings is 2. The molecule has 1 aliphatic rings. The molecule has 0 aliphatic carbocycles. The molecule has 0 saturated carbocycles. The van der Waals surface area contributed by atoms with Crippen molar-refractivity contribution in [2.75, 3.05) is 33.9 Å². The van der Waals surface area contributed by atoms with Crippen molar-refractivity contribution in [2.45, 2.75) is 31.4 Å². The van der Waals surface area contributed by atoms with Crippen molar-refractivity contribution in [3.05, 3.63) is 48.0 Å². The summed E-state index contributed by atoms with van der Waals surface area (Å²) >= 11 is 0. The van der Waals surface area contributed by atoms with Crippen LogP contribution in [0.2, 0.25) is 0 Å². The van der Waals surface area contributed by atoms with Crippen LogP contribution in [0.5, 0.6) is 0 Å². The smallest absolute Gasteiger partial charge is 0.191 e. The molecular weight excluding hydrogens is 453 g/mol. The minimum Gasteiger partial charge on any atom is -0.381 e. The molecule has 0 radical (unpaired) electrons. The van der Waals surface area contributed by atoms with Gasteiger partial charge in [-0.05, 0) is 29.3 Å². The maximum absolute atomic E-state index is 5.79. The lowest BCUT2D eigenvalue weighted by Gasteiger charge is -2.36. The third-order valence-electron chi connectivity index (χ3n) is 5.27. The number of fused-ring (bicyclic) bond motifs is 1. The van der Waals surface area contributed by atoms with Crippen LogP contribution < -0.4 is 10.6 Å². The molecule has 0 spiro atoms. The third-order valence-corrected chi connectivity index (χ3v) is 5.27. The lowest BCUT2D eigenvalue weighted by molar-refractivity contribution is -0.0855. The van der Waals surface area contributed by atoms with Crippen molar-refractivity contribution in [3.63, 3.8) is 0 Å². The standard InChI is InChI=1S/C21H29N3O2.HI/c1-16(18-9-8-17-6-4-5-7-19(17)14-18)24-20(22-2)23-15-21(25-3)10-12-26-13-11-21;/h4-9,14,16H,10-13,15H2,1-3H3,(H2,22,23,24);1H. The molecule has 148 valence electrons. The van der Waals surface area contributed by atoms with E-state index in [4.69, 9.17) is 9.47 Å². The van der Waals surface area contributed by atoms with Crippen molar-refractivity contribution in [1.82, 2.24) is 10.6 Å². The van der Waals surface area contributed by atoms with Gasteiger partial charge in [-0.3, -0.25) is 4.99 Å². The number of aliphatic imine (C=N–C) groups is 1. The van der Waals surface area contributed by atoms with Gasteiger partial charge in [0.05, 0.1) is 11.6 Å². The number of guanidine groups is 1. The van der Waals surface area contributed by atoms with Crippen LogP contribution in [0.4, 0.5) is 0 Å². The van der Waals surface area contributed by atoms with Gasteiger partial charge in [0.15, 0.2) is 5.96 Å². The second kappa shape index (κ2) is 10.2. The van der Waals surface area contributed by atoms with Gasteiger partial charge in [-0.1, -0.05) is 36.4 Å². The van der Waals surface area contributed by atoms with Gasteiger partial charge in [0.25, 0.3) is 0 Å². The van der Waals surface area contributed by atoms with Crippen LogP contribution in [0.25, 0.3) is 10.8 Å². The maximum Gasteiger partial charge on any atom is 0.191 e. The summed E-state index contributed by atoms with van der Waals surface area (Å²) in [4.78, 5) is 4.37. The average Bonchev–Trinajstić information content (AvgIpc) is 2.71. The maximum atomic E-state index is 5.79. The molecule has 27 heavy (non-hydrogen) atoms. The number of hydrogen-bond donors (Lipinski definition) is 2. The zero-order valence-corrected chi connectivity index (χ0v) is 18.7. The number of hydrogen-bond acceptors (Lipinski definition) is 3. The van der Waals surface area contributed by atoms with E-state index in [1.807, 2.05) is 0 Å². The number of halogens is 1. The Morgan fingerprint density at radius 3 is 2.56 bits per heavy atom. The minimum absolute atomic E-state index is 0. The van der Waals surface area contributed by atoms with Gasteiger partial charge < -0.3 is 20.1 Å². The first-order chi connectivity index (χ1) is 12.7. The molecule has 2 N–H and O–H groups in total. The first-order valence-corrected chi connectivity index (χ1v) is 9.24. The van der Waals surface area contributed by atoms with Gasteiger partial charge in [-0.25, -0.2) is 0 Å². The Morgan fingerprint density at radius 1 is 1.19 bits per heavy atom. The predicted molar refractivity (Wildman–Crippen MR) is 122 cm³/mol. The molecule has 2 aromatic carbocycles. The zero-order valence-electron chi connectivity index (χ0n) is 16.3. The van der Waals surface area contributed by atoms with Crippen LogP contribution in [0.1, 0.15) is 31.4 Å². The molecule has 1 unspecified atom stereocenters. The van der Waals surface area contributed by atoms with Crippen molar-refractivity contribution in [1.29, 1.82) is 0 Å². The number of rotatable bonds is 5. The lowest BCUT2D eigenvalue weighted by atomic mass is 9.94. The Balaban J connectivity index is 0.00000261. The summed E-state index contributed by atoms with van der Waals surface area (Å²) in [5.74, 6) is 0.786. The van der Waals surface area contributed by atoms with Crippen LogP contribution in [0.3, 0.4) is 0 Å². The Kier molecular flexibility index (Phi) is 8.31. The summed E-state index contributed by atoms with van der Waals surface area (Å²) in [5, 5.41) is 9.42. The van der Waals surface area contributed by atoms with Gasteiger partial charge >= 0.3 is 0 Å². The fraction of sp³-hybridized carbons (Fsp3) is 0.476. The summed E-state index contributed by atoms with van der Waals surface area (Å²) in [5.41, 5.74) is 1.06. The van der Waals surface area contributed by atoms with E-state index in [-0.39, 0.29) is 35.6 Å². The monoisotopic (exact) mass is 483 g/mol. The summed E-state index contributed by atoms with van der Waals surface area (Å²) in [7, 11) is 3.58. The van der Waals surface area contributed by atoms with E-state index in [0.29, 0.717) is 0 Å². The summed E-state index contributed by atoms with van der Waals surface area (Å²) in [6.45, 7) is 4.36. The third kappa shape index (κ3) is 5.56. The highest BCUT2D eigenvalue weighted by molar-refractivity contribution is 14.0. The number of nitrogens with zero attached hydrogens (tertiary/aromatic N) is 1. The Labute approximate surface area is 178 Å². The van der Waals surface area contributed by atoms with Crippen molar-refractivity contribution in [3.8, 4) is 0 Å². The molecule has 1 aliphatic heterocycles. The quantitative estimate of drug-likeness (QED) is 0.385. The second-order valence-corrected chi connectivity index (χ2v) is 6.90. The molecule has 0 aromatic heterocycles. The van der Waals surface area contributed by atoms with Gasteiger partial charge in [-0.2, -0.15) is 0 Å². The molecule has 1 fully saturated rings. The molecule has 2 aromatic rings. The SMILES string of the molecule is CN=C(NCC1(OC)CCOCC1)NC(C)c1ccc2ccccc2c1.I. The summed E-state index contributed by atoms with van der Waals surface area (Å²) in [6, 6.07) is 15.1. The molecular formula is C21H30IN3O2. The van der Waals surface area contributed by atoms with Crippen LogP contribution in [0.15, 0.2) is 47.5 Å². The highest BCUT2D eigenvalue weighted by Gasteiger charge is 2.32. The molecule has 1 saturated heterocycles. The number of nitrogens with one attached hydrogen (secondary N) is 2. The van der Waals surface area contributed by atoms with E-state index in [9.17, 15) is 0 Å². The van der Waals surface area contributed by atoms with Crippen LogP contribution >= 0.6 is 24.0 Å². The summed E-state index contributed by atoms with van der Waals surface area (Å²) in [6.07, 6.45) is 1.79. The molecule has 5 nitrogen and oxygen atoms in total. The molecule has 3 rings (SSSR count). The van der Waals surface area contributed by atoms with Gasteiger partial charge in [0.1, 0.15) is 0 Å². The Morgan fingerprint density at radius 2 is 1.89 bits per heavy atom. The normalized spacial score (nSPS) is 17.8. The first-order valence-electron chi connectivity index (χ1n) is 9.24. The molecule has 1 atom stereocenters. The second-order valence-electron chi connectivity index (χ2n) is 6.90.